The summed E-state index contributed by atoms with van der Waals surface area (Å²) in [7, 11) is 0. The number of carbonyl (C=O) groups is 1. The first kappa shape index (κ1) is 22.4. The van der Waals surface area contributed by atoms with Crippen LogP contribution in [0.25, 0.3) is 0 Å². The van der Waals surface area contributed by atoms with E-state index in [4.69, 9.17) is 0 Å². The van der Waals surface area contributed by atoms with Gasteiger partial charge in [-0.1, -0.05) is 25.3 Å². The van der Waals surface area contributed by atoms with Crippen LogP contribution in [0, 0.1) is 0 Å². The van der Waals surface area contributed by atoms with Crippen molar-refractivity contribution in [1.82, 2.24) is 14.9 Å². The quantitative estimate of drug-likeness (QED) is 0.661. The Labute approximate surface area is 185 Å². The zero-order chi connectivity index (χ0) is 22.9. The summed E-state index contributed by atoms with van der Waals surface area (Å²) in [6.07, 6.45) is 3.35. The second kappa shape index (κ2) is 8.60. The molecule has 1 aliphatic heterocycles. The largest absolute Gasteiger partial charge is 0.433 e. The summed E-state index contributed by atoms with van der Waals surface area (Å²) in [6.45, 7) is 4.95. The van der Waals surface area contributed by atoms with Gasteiger partial charge in [-0.15, -0.1) is 0 Å². The maximum atomic E-state index is 13.4. The van der Waals surface area contributed by atoms with Crippen LogP contribution in [-0.2, 0) is 12.7 Å². The number of aromatic nitrogens is 2. The predicted octanol–water partition coefficient (Wildman–Crippen LogP) is 5.46. The molecule has 2 fully saturated rings. The van der Waals surface area contributed by atoms with Gasteiger partial charge in [0.1, 0.15) is 11.5 Å². The van der Waals surface area contributed by atoms with E-state index in [0.29, 0.717) is 18.8 Å². The number of carbonyl (C=O) groups excluding carboxylic acids is 1. The molecule has 0 atom stereocenters. The molecule has 32 heavy (non-hydrogen) atoms. The van der Waals surface area contributed by atoms with Crippen LogP contribution < -0.4 is 10.2 Å². The Kier molecular flexibility index (Phi) is 6.01. The maximum Gasteiger partial charge on any atom is 0.433 e. The van der Waals surface area contributed by atoms with E-state index in [9.17, 15) is 18.0 Å². The van der Waals surface area contributed by atoms with Crippen LogP contribution in [0.1, 0.15) is 57.2 Å². The monoisotopic (exact) mass is 447 g/mol. The smallest absolute Gasteiger partial charge is 0.368 e. The number of halogens is 3. The summed E-state index contributed by atoms with van der Waals surface area (Å²) in [5.41, 5.74) is 0.0285. The second-order valence-corrected chi connectivity index (χ2v) is 8.99. The van der Waals surface area contributed by atoms with Crippen molar-refractivity contribution in [2.75, 3.05) is 16.8 Å². The lowest BCUT2D eigenvalue weighted by Gasteiger charge is -2.40. The van der Waals surface area contributed by atoms with Crippen molar-refractivity contribution in [2.24, 2.45) is 0 Å². The number of amides is 2. The third-order valence-corrected chi connectivity index (χ3v) is 6.22. The van der Waals surface area contributed by atoms with Crippen molar-refractivity contribution in [3.8, 4) is 0 Å². The minimum atomic E-state index is -4.51. The molecule has 0 aromatic carbocycles. The SMILES string of the molecule is CC(C)Nc1ccc(CN2C(=O)N(c3ccc(C(F)(F)F)nc3)CC23CCCCC3)cn1. The van der Waals surface area contributed by atoms with Gasteiger partial charge in [-0.05, 0) is 50.5 Å². The lowest BCUT2D eigenvalue weighted by Crippen LogP contribution is -2.48. The van der Waals surface area contributed by atoms with Crippen molar-refractivity contribution in [1.29, 1.82) is 0 Å². The first-order chi connectivity index (χ1) is 15.2. The lowest BCUT2D eigenvalue weighted by atomic mass is 9.81. The fourth-order valence-corrected chi connectivity index (χ4v) is 4.67. The first-order valence-corrected chi connectivity index (χ1v) is 11.0. The molecule has 3 heterocycles. The topological polar surface area (TPSA) is 61.4 Å². The number of pyridine rings is 2. The highest BCUT2D eigenvalue weighted by molar-refractivity contribution is 5.95. The second-order valence-electron chi connectivity index (χ2n) is 8.99. The van der Waals surface area contributed by atoms with Crippen LogP contribution >= 0.6 is 0 Å². The number of nitrogens with zero attached hydrogens (tertiary/aromatic N) is 4. The average Bonchev–Trinajstić information content (AvgIpc) is 3.00. The van der Waals surface area contributed by atoms with E-state index in [-0.39, 0.29) is 17.6 Å². The fourth-order valence-electron chi connectivity index (χ4n) is 4.67. The van der Waals surface area contributed by atoms with Gasteiger partial charge in [0.15, 0.2) is 0 Å². The van der Waals surface area contributed by atoms with Gasteiger partial charge in [0.25, 0.3) is 0 Å². The Morgan fingerprint density at radius 2 is 1.81 bits per heavy atom. The number of hydrogen-bond donors (Lipinski definition) is 1. The first-order valence-electron chi connectivity index (χ1n) is 11.0. The van der Waals surface area contributed by atoms with E-state index >= 15 is 0 Å². The molecule has 0 radical (unpaired) electrons. The van der Waals surface area contributed by atoms with Crippen LogP contribution in [0.5, 0.6) is 0 Å². The van der Waals surface area contributed by atoms with Gasteiger partial charge in [0.05, 0.1) is 24.0 Å². The number of rotatable bonds is 5. The zero-order valence-corrected chi connectivity index (χ0v) is 18.3. The summed E-state index contributed by atoms with van der Waals surface area (Å²) < 4.78 is 38.7. The normalized spacial score (nSPS) is 18.6. The molecule has 1 aliphatic carbocycles. The number of hydrogen-bond acceptors (Lipinski definition) is 4. The standard InChI is InChI=1S/C23H28F3N5O/c1-16(2)29-20-9-6-17(12-28-20)14-31-21(32)30(15-22(31)10-4-3-5-11-22)18-7-8-19(27-13-18)23(24,25)26/h6-9,12-13,16H,3-5,10-11,14-15H2,1-2H3,(H,28,29). The van der Waals surface area contributed by atoms with E-state index in [1.54, 1.807) is 11.1 Å². The number of alkyl halides is 3. The van der Waals surface area contributed by atoms with E-state index in [1.807, 2.05) is 30.9 Å². The Balaban J connectivity index is 1.58. The van der Waals surface area contributed by atoms with Crippen molar-refractivity contribution < 1.29 is 18.0 Å². The molecular formula is C23H28F3N5O. The van der Waals surface area contributed by atoms with Crippen molar-refractivity contribution in [3.05, 3.63) is 47.9 Å². The summed E-state index contributed by atoms with van der Waals surface area (Å²) in [6, 6.07) is 6.21. The molecule has 2 aliphatic rings. The fraction of sp³-hybridized carbons (Fsp3) is 0.522. The maximum absolute atomic E-state index is 13.4. The molecule has 1 spiro atoms. The number of anilines is 2. The van der Waals surface area contributed by atoms with Crippen LogP contribution in [0.2, 0.25) is 0 Å². The molecule has 2 amide bonds. The molecular weight excluding hydrogens is 419 g/mol. The highest BCUT2D eigenvalue weighted by Crippen LogP contribution is 2.42. The van der Waals surface area contributed by atoms with Gasteiger partial charge in [-0.2, -0.15) is 13.2 Å². The highest BCUT2D eigenvalue weighted by atomic mass is 19.4. The van der Waals surface area contributed by atoms with Gasteiger partial charge in [-0.3, -0.25) is 4.90 Å². The summed E-state index contributed by atoms with van der Waals surface area (Å²) in [4.78, 5) is 24.9. The molecule has 9 heteroatoms. The van der Waals surface area contributed by atoms with Gasteiger partial charge in [0, 0.05) is 18.8 Å². The summed E-state index contributed by atoms with van der Waals surface area (Å²) in [5, 5.41) is 3.25. The molecule has 4 rings (SSSR count). The minimum Gasteiger partial charge on any atom is -0.368 e. The molecule has 1 saturated carbocycles. The van der Waals surface area contributed by atoms with Crippen LogP contribution in [-0.4, -0.2) is 39.0 Å². The molecule has 1 saturated heterocycles. The Hall–Kier alpha value is -2.84. The van der Waals surface area contributed by atoms with E-state index in [1.165, 1.54) is 6.07 Å². The third-order valence-electron chi connectivity index (χ3n) is 6.22. The average molecular weight is 448 g/mol. The molecule has 0 bridgehead atoms. The van der Waals surface area contributed by atoms with E-state index in [0.717, 1.165) is 55.7 Å². The van der Waals surface area contributed by atoms with E-state index < -0.39 is 11.9 Å². The van der Waals surface area contributed by atoms with Gasteiger partial charge < -0.3 is 10.2 Å². The predicted molar refractivity (Wildman–Crippen MR) is 116 cm³/mol. The molecule has 2 aromatic rings. The van der Waals surface area contributed by atoms with Gasteiger partial charge in [0.2, 0.25) is 0 Å². The highest BCUT2D eigenvalue weighted by Gasteiger charge is 2.50. The Morgan fingerprint density at radius 1 is 1.06 bits per heavy atom. The molecule has 2 aromatic heterocycles. The molecule has 1 N–H and O–H groups in total. The molecule has 6 nitrogen and oxygen atoms in total. The zero-order valence-electron chi connectivity index (χ0n) is 18.3. The lowest BCUT2D eigenvalue weighted by molar-refractivity contribution is -0.141. The van der Waals surface area contributed by atoms with Crippen LogP contribution in [0.3, 0.4) is 0 Å². The van der Waals surface area contributed by atoms with E-state index in [2.05, 4.69) is 15.3 Å². The summed E-state index contributed by atoms with van der Waals surface area (Å²) >= 11 is 0. The van der Waals surface area contributed by atoms with Crippen molar-refractivity contribution >= 4 is 17.5 Å². The number of nitrogens with one attached hydrogen (secondary N) is 1. The summed E-state index contributed by atoms with van der Waals surface area (Å²) in [5.74, 6) is 0.779. The third kappa shape index (κ3) is 4.52. The van der Waals surface area contributed by atoms with Crippen LogP contribution in [0.4, 0.5) is 29.5 Å². The minimum absolute atomic E-state index is 0.196. The Morgan fingerprint density at radius 3 is 2.38 bits per heavy atom. The molecule has 172 valence electrons. The van der Waals surface area contributed by atoms with Gasteiger partial charge in [-0.25, -0.2) is 14.8 Å². The van der Waals surface area contributed by atoms with Crippen LogP contribution in [0.15, 0.2) is 36.7 Å². The van der Waals surface area contributed by atoms with Crippen molar-refractivity contribution in [2.45, 2.75) is 70.3 Å². The van der Waals surface area contributed by atoms with Gasteiger partial charge >= 0.3 is 12.2 Å². The molecule has 0 unspecified atom stereocenters. The number of urea groups is 1. The Bertz CT molecular complexity index is 938. The van der Waals surface area contributed by atoms with Crippen molar-refractivity contribution in [3.63, 3.8) is 0 Å².